The van der Waals surface area contributed by atoms with Gasteiger partial charge in [0.1, 0.15) is 11.5 Å². The Hall–Kier alpha value is -2.30. The number of benzene rings is 1. The third-order valence-electron chi connectivity index (χ3n) is 2.76. The molecule has 0 aliphatic rings. The highest BCUT2D eigenvalue weighted by Crippen LogP contribution is 2.30. The van der Waals surface area contributed by atoms with Crippen LogP contribution in [0.25, 0.3) is 0 Å². The van der Waals surface area contributed by atoms with E-state index in [1.165, 1.54) is 0 Å². The molecule has 2 aromatic rings. The van der Waals surface area contributed by atoms with Crippen LogP contribution in [0.15, 0.2) is 36.7 Å². The molecule has 5 nitrogen and oxygen atoms in total. The molecule has 0 unspecified atom stereocenters. The van der Waals surface area contributed by atoms with E-state index in [2.05, 4.69) is 9.97 Å². The molecular weight excluding hydrogens is 242 g/mol. The number of methoxy groups -OCH3 is 2. The van der Waals surface area contributed by atoms with Gasteiger partial charge in [0.25, 0.3) is 0 Å². The fourth-order valence-electron chi connectivity index (χ4n) is 1.82. The lowest BCUT2D eigenvalue weighted by Crippen LogP contribution is -2.18. The van der Waals surface area contributed by atoms with E-state index in [1.54, 1.807) is 32.7 Å². The average molecular weight is 259 g/mol. The fraction of sp³-hybridized carbons (Fsp3) is 0.286. The van der Waals surface area contributed by atoms with Gasteiger partial charge in [-0.05, 0) is 13.0 Å². The highest BCUT2D eigenvalue weighted by atomic mass is 16.5. The van der Waals surface area contributed by atoms with E-state index in [4.69, 9.17) is 9.47 Å². The minimum Gasteiger partial charge on any atom is -0.497 e. The maximum absolute atomic E-state index is 5.28. The molecule has 1 aromatic carbocycles. The summed E-state index contributed by atoms with van der Waals surface area (Å²) >= 11 is 0. The second-order valence-corrected chi connectivity index (χ2v) is 3.86. The minimum atomic E-state index is 0.653. The maximum atomic E-state index is 5.28. The first-order chi connectivity index (χ1) is 9.28. The predicted octanol–water partition coefficient (Wildman–Crippen LogP) is 2.65. The van der Waals surface area contributed by atoms with Gasteiger partial charge in [-0.15, -0.1) is 0 Å². The second kappa shape index (κ2) is 6.04. The molecule has 0 radical (unpaired) electrons. The molecule has 0 spiro atoms. The van der Waals surface area contributed by atoms with Crippen molar-refractivity contribution in [1.82, 2.24) is 9.97 Å². The standard InChI is InChI=1S/C14H17N3O2/c1-4-17(14-15-6-5-7-16-14)11-8-12(18-2)10-13(9-11)19-3/h5-10H,4H2,1-3H3. The summed E-state index contributed by atoms with van der Waals surface area (Å²) in [6.45, 7) is 2.79. The Bertz CT molecular complexity index is 509. The summed E-state index contributed by atoms with van der Waals surface area (Å²) in [5.74, 6) is 2.13. The van der Waals surface area contributed by atoms with Gasteiger partial charge in [0.15, 0.2) is 0 Å². The number of aromatic nitrogens is 2. The number of anilines is 2. The molecular formula is C14H17N3O2. The summed E-state index contributed by atoms with van der Waals surface area (Å²) in [5, 5.41) is 0. The van der Waals surface area contributed by atoms with E-state index in [1.807, 2.05) is 30.0 Å². The molecule has 0 N–H and O–H groups in total. The van der Waals surface area contributed by atoms with Crippen molar-refractivity contribution in [3.8, 4) is 11.5 Å². The minimum absolute atomic E-state index is 0.653. The summed E-state index contributed by atoms with van der Waals surface area (Å²) in [6.07, 6.45) is 3.45. The van der Waals surface area contributed by atoms with Crippen molar-refractivity contribution in [2.45, 2.75) is 6.92 Å². The first-order valence-corrected chi connectivity index (χ1v) is 6.06. The molecule has 1 aromatic heterocycles. The van der Waals surface area contributed by atoms with Crippen LogP contribution in [0.1, 0.15) is 6.92 Å². The first-order valence-electron chi connectivity index (χ1n) is 6.06. The molecule has 0 amide bonds. The highest BCUT2D eigenvalue weighted by molar-refractivity contribution is 5.62. The van der Waals surface area contributed by atoms with Gasteiger partial charge in [0, 0.05) is 37.1 Å². The van der Waals surface area contributed by atoms with Crippen molar-refractivity contribution in [2.24, 2.45) is 0 Å². The quantitative estimate of drug-likeness (QED) is 0.826. The zero-order chi connectivity index (χ0) is 13.7. The largest absolute Gasteiger partial charge is 0.497 e. The molecule has 5 heteroatoms. The summed E-state index contributed by atoms with van der Waals surface area (Å²) < 4.78 is 10.6. The van der Waals surface area contributed by atoms with Crippen LogP contribution in [-0.4, -0.2) is 30.7 Å². The Morgan fingerprint density at radius 2 is 1.58 bits per heavy atom. The molecule has 1 heterocycles. The van der Waals surface area contributed by atoms with Gasteiger partial charge in [-0.2, -0.15) is 0 Å². The number of nitrogens with zero attached hydrogens (tertiary/aromatic N) is 3. The van der Waals surface area contributed by atoms with Crippen LogP contribution in [0.3, 0.4) is 0 Å². The van der Waals surface area contributed by atoms with E-state index in [0.717, 1.165) is 23.7 Å². The smallest absolute Gasteiger partial charge is 0.229 e. The van der Waals surface area contributed by atoms with Crippen molar-refractivity contribution in [3.05, 3.63) is 36.7 Å². The third kappa shape index (κ3) is 2.93. The van der Waals surface area contributed by atoms with E-state index in [-0.39, 0.29) is 0 Å². The van der Waals surface area contributed by atoms with E-state index in [0.29, 0.717) is 5.95 Å². The molecule has 0 fully saturated rings. The predicted molar refractivity (Wildman–Crippen MR) is 74.3 cm³/mol. The van der Waals surface area contributed by atoms with Crippen LogP contribution >= 0.6 is 0 Å². The van der Waals surface area contributed by atoms with Crippen LogP contribution in [-0.2, 0) is 0 Å². The molecule has 19 heavy (non-hydrogen) atoms. The molecule has 0 bridgehead atoms. The van der Waals surface area contributed by atoms with Crippen molar-refractivity contribution in [1.29, 1.82) is 0 Å². The number of hydrogen-bond acceptors (Lipinski definition) is 5. The normalized spacial score (nSPS) is 10.1. The Morgan fingerprint density at radius 1 is 1.00 bits per heavy atom. The number of hydrogen-bond donors (Lipinski definition) is 0. The van der Waals surface area contributed by atoms with Gasteiger partial charge < -0.3 is 14.4 Å². The molecule has 0 aliphatic heterocycles. The van der Waals surface area contributed by atoms with E-state index < -0.39 is 0 Å². The molecule has 2 rings (SSSR count). The van der Waals surface area contributed by atoms with Crippen molar-refractivity contribution >= 4 is 11.6 Å². The topological polar surface area (TPSA) is 47.5 Å². The first kappa shape index (κ1) is 13.1. The van der Waals surface area contributed by atoms with Crippen LogP contribution in [0, 0.1) is 0 Å². The van der Waals surface area contributed by atoms with Crippen LogP contribution in [0.5, 0.6) is 11.5 Å². The van der Waals surface area contributed by atoms with Gasteiger partial charge in [-0.25, -0.2) is 9.97 Å². The van der Waals surface area contributed by atoms with Crippen molar-refractivity contribution < 1.29 is 9.47 Å². The van der Waals surface area contributed by atoms with Gasteiger partial charge >= 0.3 is 0 Å². The zero-order valence-corrected chi connectivity index (χ0v) is 11.3. The monoisotopic (exact) mass is 259 g/mol. The molecule has 0 atom stereocenters. The lowest BCUT2D eigenvalue weighted by molar-refractivity contribution is 0.394. The van der Waals surface area contributed by atoms with Gasteiger partial charge in [0.2, 0.25) is 5.95 Å². The van der Waals surface area contributed by atoms with Crippen molar-refractivity contribution in [2.75, 3.05) is 25.7 Å². The Kier molecular flexibility index (Phi) is 4.18. The van der Waals surface area contributed by atoms with Gasteiger partial charge in [-0.3, -0.25) is 0 Å². The SMILES string of the molecule is CCN(c1cc(OC)cc(OC)c1)c1ncccn1. The highest BCUT2D eigenvalue weighted by Gasteiger charge is 2.12. The average Bonchev–Trinajstić information content (AvgIpc) is 2.48. The van der Waals surface area contributed by atoms with Crippen molar-refractivity contribution in [3.63, 3.8) is 0 Å². The number of rotatable bonds is 5. The third-order valence-corrected chi connectivity index (χ3v) is 2.76. The zero-order valence-electron chi connectivity index (χ0n) is 11.3. The Morgan fingerprint density at radius 3 is 2.05 bits per heavy atom. The molecule has 0 saturated carbocycles. The van der Waals surface area contributed by atoms with E-state index >= 15 is 0 Å². The van der Waals surface area contributed by atoms with E-state index in [9.17, 15) is 0 Å². The van der Waals surface area contributed by atoms with Gasteiger partial charge in [0.05, 0.1) is 19.9 Å². The summed E-state index contributed by atoms with van der Waals surface area (Å²) in [6, 6.07) is 7.50. The summed E-state index contributed by atoms with van der Waals surface area (Å²) in [4.78, 5) is 10.5. The molecule has 0 aliphatic carbocycles. The van der Waals surface area contributed by atoms with Crippen LogP contribution in [0.2, 0.25) is 0 Å². The van der Waals surface area contributed by atoms with Crippen LogP contribution < -0.4 is 14.4 Å². The Balaban J connectivity index is 2.43. The van der Waals surface area contributed by atoms with Crippen LogP contribution in [0.4, 0.5) is 11.6 Å². The maximum Gasteiger partial charge on any atom is 0.229 e. The number of ether oxygens (including phenoxy) is 2. The Labute approximate surface area is 112 Å². The molecule has 0 saturated heterocycles. The fourth-order valence-corrected chi connectivity index (χ4v) is 1.82. The summed E-state index contributed by atoms with van der Waals surface area (Å²) in [5.41, 5.74) is 0.935. The summed E-state index contributed by atoms with van der Waals surface area (Å²) in [7, 11) is 3.27. The van der Waals surface area contributed by atoms with Gasteiger partial charge in [-0.1, -0.05) is 0 Å². The lowest BCUT2D eigenvalue weighted by atomic mass is 10.2. The second-order valence-electron chi connectivity index (χ2n) is 3.86. The lowest BCUT2D eigenvalue weighted by Gasteiger charge is -2.21. The molecule has 100 valence electrons.